The minimum atomic E-state index is 0.129. The fourth-order valence-corrected chi connectivity index (χ4v) is 2.48. The average Bonchev–Trinajstić information content (AvgIpc) is 2.57. The molecule has 0 spiro atoms. The van der Waals surface area contributed by atoms with Gasteiger partial charge in [0.2, 0.25) is 0 Å². The maximum Gasteiger partial charge on any atom is 0.181 e. The molecule has 0 aliphatic carbocycles. The summed E-state index contributed by atoms with van der Waals surface area (Å²) in [7, 11) is 0. The third-order valence-electron chi connectivity index (χ3n) is 3.79. The Balaban J connectivity index is 3.30. The molecule has 0 amide bonds. The van der Waals surface area contributed by atoms with Crippen LogP contribution in [0.25, 0.3) is 12.2 Å². The molecule has 0 saturated heterocycles. The Labute approximate surface area is 139 Å². The van der Waals surface area contributed by atoms with Gasteiger partial charge in [0.15, 0.2) is 5.78 Å². The highest BCUT2D eigenvalue weighted by Crippen LogP contribution is 2.16. The van der Waals surface area contributed by atoms with Crippen LogP contribution in [0.5, 0.6) is 0 Å². The molecule has 0 aliphatic heterocycles. The van der Waals surface area contributed by atoms with E-state index in [1.165, 1.54) is 0 Å². The fraction of sp³-hybridized carbons (Fsp3) is 0.450. The summed E-state index contributed by atoms with van der Waals surface area (Å²) in [5, 5.41) is 2.03. The van der Waals surface area contributed by atoms with Crippen molar-refractivity contribution in [3.63, 3.8) is 0 Å². The predicted octanol–water partition coefficient (Wildman–Crippen LogP) is 3.76. The van der Waals surface area contributed by atoms with E-state index >= 15 is 0 Å². The first-order chi connectivity index (χ1) is 11.1. The highest BCUT2D eigenvalue weighted by Gasteiger charge is 2.13. The van der Waals surface area contributed by atoms with E-state index in [0.717, 1.165) is 29.0 Å². The second-order valence-corrected chi connectivity index (χ2v) is 5.58. The number of aliphatic imine (C=N–C) groups is 1. The minimum absolute atomic E-state index is 0.129. The van der Waals surface area contributed by atoms with Crippen LogP contribution in [0.3, 0.4) is 0 Å². The molecule has 124 valence electrons. The molecule has 1 aromatic heterocycles. The Bertz CT molecular complexity index is 699. The molecule has 0 bridgehead atoms. The van der Waals surface area contributed by atoms with Crippen molar-refractivity contribution in [2.45, 2.75) is 59.8 Å². The largest absolute Gasteiger partial charge is 0.292 e. The highest BCUT2D eigenvalue weighted by atomic mass is 16.1. The predicted molar refractivity (Wildman–Crippen MR) is 99.3 cm³/mol. The summed E-state index contributed by atoms with van der Waals surface area (Å²) >= 11 is 0. The molecule has 1 rings (SSSR count). The quantitative estimate of drug-likeness (QED) is 0.568. The van der Waals surface area contributed by atoms with Crippen LogP contribution >= 0.6 is 0 Å². The molecule has 0 saturated carbocycles. The van der Waals surface area contributed by atoms with Crippen LogP contribution in [0.15, 0.2) is 23.3 Å². The van der Waals surface area contributed by atoms with E-state index < -0.39 is 0 Å². The van der Waals surface area contributed by atoms with Crippen LogP contribution < -0.4 is 10.4 Å². The number of aromatic nitrogens is 1. The molecular weight excluding hydrogens is 284 g/mol. The molecule has 1 unspecified atom stereocenters. The number of hydrogen-bond acceptors (Lipinski definition) is 3. The number of rotatable bonds is 7. The lowest BCUT2D eigenvalue weighted by molar-refractivity contribution is 0.0975. The van der Waals surface area contributed by atoms with Crippen molar-refractivity contribution in [2.75, 3.05) is 0 Å². The molecule has 1 atom stereocenters. The monoisotopic (exact) mass is 312 g/mol. The van der Waals surface area contributed by atoms with Crippen LogP contribution in [0.2, 0.25) is 0 Å². The van der Waals surface area contributed by atoms with E-state index in [1.807, 2.05) is 45.9 Å². The van der Waals surface area contributed by atoms with Crippen LogP contribution in [-0.4, -0.2) is 17.0 Å². The van der Waals surface area contributed by atoms with Crippen molar-refractivity contribution < 1.29 is 4.79 Å². The Morgan fingerprint density at radius 1 is 1.30 bits per heavy atom. The lowest BCUT2D eigenvalue weighted by Crippen LogP contribution is -2.33. The van der Waals surface area contributed by atoms with Gasteiger partial charge < -0.3 is 0 Å². The van der Waals surface area contributed by atoms with Gasteiger partial charge >= 0.3 is 0 Å². The fourth-order valence-electron chi connectivity index (χ4n) is 2.48. The summed E-state index contributed by atoms with van der Waals surface area (Å²) in [6.07, 6.45) is 11.9. The van der Waals surface area contributed by atoms with E-state index in [1.54, 1.807) is 12.4 Å². The van der Waals surface area contributed by atoms with Gasteiger partial charge in [-0.1, -0.05) is 32.1 Å². The Kier molecular flexibility index (Phi) is 8.17. The van der Waals surface area contributed by atoms with Crippen molar-refractivity contribution in [2.24, 2.45) is 4.99 Å². The zero-order chi connectivity index (χ0) is 17.2. The van der Waals surface area contributed by atoms with Crippen molar-refractivity contribution in [3.05, 3.63) is 40.2 Å². The molecular formula is C20H28N2O. The second kappa shape index (κ2) is 9.88. The lowest BCUT2D eigenvalue weighted by Gasteiger charge is -2.11. The van der Waals surface area contributed by atoms with Gasteiger partial charge in [-0.05, 0) is 44.9 Å². The summed E-state index contributed by atoms with van der Waals surface area (Å²) in [6.45, 7) is 10.0. The maximum atomic E-state index is 12.4. The number of carbonyl (C=O) groups excluding carboxylic acids is 1. The topological polar surface area (TPSA) is 42.3 Å². The average molecular weight is 312 g/mol. The van der Waals surface area contributed by atoms with Crippen LogP contribution in [0.1, 0.15) is 76.0 Å². The molecule has 1 aromatic rings. The first-order valence-electron chi connectivity index (χ1n) is 8.38. The second-order valence-electron chi connectivity index (χ2n) is 5.58. The number of nitrogens with zero attached hydrogens (tertiary/aromatic N) is 2. The number of pyridine rings is 1. The lowest BCUT2D eigenvalue weighted by atomic mass is 10.00. The molecule has 0 fully saturated rings. The first kappa shape index (κ1) is 19.0. The van der Waals surface area contributed by atoms with Gasteiger partial charge in [0.1, 0.15) is 5.69 Å². The number of Topliss-reactive ketones (excluding diaryl/α,β-unsaturated/α-hetero) is 1. The van der Waals surface area contributed by atoms with Gasteiger partial charge in [0.05, 0.1) is 0 Å². The van der Waals surface area contributed by atoms with Gasteiger partial charge in [-0.25, -0.2) is 4.98 Å². The molecule has 3 nitrogen and oxygen atoms in total. The Morgan fingerprint density at radius 3 is 2.61 bits per heavy atom. The van der Waals surface area contributed by atoms with Crippen LogP contribution in [-0.2, 0) is 0 Å². The number of carbonyl (C=O) groups is 1. The molecule has 0 radical (unpaired) electrons. The SMILES string of the molecule is CC=N/C=C\CC(C)c1cc(=C/C)/c(=C\C)c(C(=O)CCC)n1. The summed E-state index contributed by atoms with van der Waals surface area (Å²) < 4.78 is 0. The molecule has 1 heterocycles. The third-order valence-corrected chi connectivity index (χ3v) is 3.79. The Hall–Kier alpha value is -2.03. The summed E-state index contributed by atoms with van der Waals surface area (Å²) in [4.78, 5) is 21.2. The van der Waals surface area contributed by atoms with E-state index in [2.05, 4.69) is 18.0 Å². The summed E-state index contributed by atoms with van der Waals surface area (Å²) in [5.41, 5.74) is 1.58. The zero-order valence-corrected chi connectivity index (χ0v) is 15.0. The molecule has 23 heavy (non-hydrogen) atoms. The van der Waals surface area contributed by atoms with Gasteiger partial charge in [-0.15, -0.1) is 0 Å². The van der Waals surface area contributed by atoms with Gasteiger partial charge in [0, 0.05) is 35.7 Å². The number of allylic oxidation sites excluding steroid dienone is 1. The van der Waals surface area contributed by atoms with Crippen molar-refractivity contribution in [1.29, 1.82) is 0 Å². The summed E-state index contributed by atoms with van der Waals surface area (Å²) in [5.74, 6) is 0.375. The van der Waals surface area contributed by atoms with Crippen molar-refractivity contribution in [1.82, 2.24) is 4.98 Å². The standard InChI is InChI=1S/C20H28N2O/c1-6-11-19(23)20-17(8-3)16(7-2)14-18(22-20)15(5)12-10-13-21-9-4/h7-10,13-15H,6,11-12H2,1-5H3/b13-10-,16-7-,17-8+,21-9?. The van der Waals surface area contributed by atoms with Gasteiger partial charge in [-0.2, -0.15) is 0 Å². The summed E-state index contributed by atoms with van der Waals surface area (Å²) in [6, 6.07) is 2.10. The smallest absolute Gasteiger partial charge is 0.181 e. The Morgan fingerprint density at radius 2 is 2.04 bits per heavy atom. The third kappa shape index (κ3) is 5.27. The van der Waals surface area contributed by atoms with E-state index in [0.29, 0.717) is 12.1 Å². The van der Waals surface area contributed by atoms with E-state index in [9.17, 15) is 4.79 Å². The number of ketones is 1. The van der Waals surface area contributed by atoms with Gasteiger partial charge in [0.25, 0.3) is 0 Å². The minimum Gasteiger partial charge on any atom is -0.292 e. The highest BCUT2D eigenvalue weighted by molar-refractivity contribution is 5.94. The van der Waals surface area contributed by atoms with Crippen LogP contribution in [0.4, 0.5) is 0 Å². The van der Waals surface area contributed by atoms with Gasteiger partial charge in [-0.3, -0.25) is 9.79 Å². The number of hydrogen-bond donors (Lipinski definition) is 0. The van der Waals surface area contributed by atoms with Crippen molar-refractivity contribution in [3.8, 4) is 0 Å². The zero-order valence-electron chi connectivity index (χ0n) is 15.0. The molecule has 0 aromatic carbocycles. The maximum absolute atomic E-state index is 12.4. The van der Waals surface area contributed by atoms with Crippen LogP contribution in [0, 0.1) is 0 Å². The molecule has 3 heteroatoms. The van der Waals surface area contributed by atoms with E-state index in [4.69, 9.17) is 4.98 Å². The van der Waals surface area contributed by atoms with Crippen molar-refractivity contribution >= 4 is 24.1 Å². The molecule has 0 N–H and O–H groups in total. The van der Waals surface area contributed by atoms with E-state index in [-0.39, 0.29) is 11.7 Å². The molecule has 0 aliphatic rings. The first-order valence-corrected chi connectivity index (χ1v) is 8.38. The normalized spacial score (nSPS) is 15.0.